The molecule has 0 amide bonds. The molecule has 0 heterocycles. The number of hydrogen-bond acceptors (Lipinski definition) is 3. The molecule has 12 heavy (non-hydrogen) atoms. The summed E-state index contributed by atoms with van der Waals surface area (Å²) in [6.45, 7) is 5.18. The molecule has 0 saturated heterocycles. The van der Waals surface area contributed by atoms with Crippen molar-refractivity contribution in [2.75, 3.05) is 18.1 Å². The Labute approximate surface area is 79.7 Å². The Kier molecular flexibility index (Phi) is 8.74. The lowest BCUT2D eigenvalue weighted by Crippen LogP contribution is -2.27. The molecule has 0 bridgehead atoms. The summed E-state index contributed by atoms with van der Waals surface area (Å²) >= 11 is 1.97. The maximum atomic E-state index is 8.30. The van der Waals surface area contributed by atoms with Crippen LogP contribution >= 0.6 is 11.8 Å². The van der Waals surface area contributed by atoms with Gasteiger partial charge in [-0.3, -0.25) is 0 Å². The van der Waals surface area contributed by atoms with E-state index in [1.165, 1.54) is 17.9 Å². The number of thioether (sulfide) groups is 1. The van der Waals surface area contributed by atoms with E-state index >= 15 is 0 Å². The molecule has 0 aromatic carbocycles. The molecule has 0 aliphatic carbocycles. The molecule has 0 saturated carbocycles. The Balaban J connectivity index is 3.11. The van der Waals surface area contributed by atoms with Crippen LogP contribution in [0.3, 0.4) is 0 Å². The average Bonchev–Trinajstić information content (AvgIpc) is 2.06. The molecule has 1 unspecified atom stereocenters. The van der Waals surface area contributed by atoms with Crippen molar-refractivity contribution < 1.29 is 0 Å². The zero-order valence-corrected chi connectivity index (χ0v) is 8.78. The van der Waals surface area contributed by atoms with Gasteiger partial charge in [0, 0.05) is 19.0 Å². The minimum absolute atomic E-state index is 0.553. The molecule has 0 spiro atoms. The van der Waals surface area contributed by atoms with Gasteiger partial charge in [0.1, 0.15) is 0 Å². The fourth-order valence-electron chi connectivity index (χ4n) is 0.881. The highest BCUT2D eigenvalue weighted by Gasteiger charge is 1.98. The molecule has 1 N–H and O–H groups in total. The highest BCUT2D eigenvalue weighted by molar-refractivity contribution is 7.99. The summed E-state index contributed by atoms with van der Waals surface area (Å²) < 4.78 is 0. The Morgan fingerprint density at radius 1 is 1.58 bits per heavy atom. The molecular formula is C9H18N2S. The molecule has 1 atom stereocenters. The smallest absolute Gasteiger partial charge is 0.0635 e. The van der Waals surface area contributed by atoms with Gasteiger partial charge in [0.25, 0.3) is 0 Å². The third-order valence-corrected chi connectivity index (χ3v) is 2.56. The number of hydrogen-bond donors (Lipinski definition) is 1. The van der Waals surface area contributed by atoms with Crippen LogP contribution in [-0.4, -0.2) is 24.1 Å². The lowest BCUT2D eigenvalue weighted by molar-refractivity contribution is 0.545. The van der Waals surface area contributed by atoms with Gasteiger partial charge in [0.05, 0.1) is 6.07 Å². The Bertz CT molecular complexity index is 131. The monoisotopic (exact) mass is 186 g/mol. The first-order chi connectivity index (χ1) is 5.81. The van der Waals surface area contributed by atoms with E-state index in [9.17, 15) is 0 Å². The number of nitrogens with zero attached hydrogens (tertiary/aromatic N) is 1. The standard InChI is InChI=1S/C9H18N2S/c1-3-12-8-5-9(2)11-7-4-6-10/h9,11H,3-5,7-8H2,1-2H3. The SMILES string of the molecule is CCSCCC(C)NCCC#N. The van der Waals surface area contributed by atoms with Crippen molar-refractivity contribution in [1.82, 2.24) is 5.32 Å². The van der Waals surface area contributed by atoms with Gasteiger partial charge in [-0.25, -0.2) is 0 Å². The molecule has 0 fully saturated rings. The zero-order valence-electron chi connectivity index (χ0n) is 7.97. The second-order valence-corrected chi connectivity index (χ2v) is 4.14. The van der Waals surface area contributed by atoms with Gasteiger partial charge in [0.2, 0.25) is 0 Å². The Hall–Kier alpha value is -0.200. The van der Waals surface area contributed by atoms with Gasteiger partial charge in [-0.1, -0.05) is 6.92 Å². The second-order valence-electron chi connectivity index (χ2n) is 2.75. The minimum Gasteiger partial charge on any atom is -0.313 e. The first-order valence-corrected chi connectivity index (χ1v) is 5.64. The maximum Gasteiger partial charge on any atom is 0.0635 e. The van der Waals surface area contributed by atoms with Crippen molar-refractivity contribution in [3.63, 3.8) is 0 Å². The fraction of sp³-hybridized carbons (Fsp3) is 0.889. The van der Waals surface area contributed by atoms with Crippen LogP contribution in [0.25, 0.3) is 0 Å². The van der Waals surface area contributed by atoms with E-state index in [1.54, 1.807) is 0 Å². The lowest BCUT2D eigenvalue weighted by atomic mass is 10.2. The summed E-state index contributed by atoms with van der Waals surface area (Å²) in [7, 11) is 0. The molecule has 0 aliphatic heterocycles. The van der Waals surface area contributed by atoms with E-state index in [2.05, 4.69) is 25.2 Å². The van der Waals surface area contributed by atoms with E-state index in [0.717, 1.165) is 6.54 Å². The van der Waals surface area contributed by atoms with Crippen molar-refractivity contribution in [2.24, 2.45) is 0 Å². The van der Waals surface area contributed by atoms with Gasteiger partial charge in [-0.15, -0.1) is 0 Å². The Morgan fingerprint density at radius 3 is 2.92 bits per heavy atom. The fourth-order valence-corrected chi connectivity index (χ4v) is 1.69. The molecule has 70 valence electrons. The van der Waals surface area contributed by atoms with Crippen molar-refractivity contribution in [3.8, 4) is 6.07 Å². The van der Waals surface area contributed by atoms with E-state index in [0.29, 0.717) is 12.5 Å². The molecule has 0 rings (SSSR count). The molecule has 0 aromatic heterocycles. The summed E-state index contributed by atoms with van der Waals surface area (Å²) in [5, 5.41) is 11.6. The third kappa shape index (κ3) is 7.90. The summed E-state index contributed by atoms with van der Waals surface area (Å²) in [5.41, 5.74) is 0. The summed E-state index contributed by atoms with van der Waals surface area (Å²) in [6, 6.07) is 2.68. The van der Waals surface area contributed by atoms with Crippen LogP contribution in [0.5, 0.6) is 0 Å². The highest BCUT2D eigenvalue weighted by atomic mass is 32.2. The third-order valence-electron chi connectivity index (χ3n) is 1.63. The maximum absolute atomic E-state index is 8.30. The average molecular weight is 186 g/mol. The molecule has 0 radical (unpaired) electrons. The van der Waals surface area contributed by atoms with E-state index in [1.807, 2.05) is 11.8 Å². The molecular weight excluding hydrogens is 168 g/mol. The van der Waals surface area contributed by atoms with Gasteiger partial charge in [-0.05, 0) is 24.9 Å². The van der Waals surface area contributed by atoms with Crippen LogP contribution in [0.15, 0.2) is 0 Å². The van der Waals surface area contributed by atoms with Crippen LogP contribution in [0.2, 0.25) is 0 Å². The molecule has 0 aromatic rings. The number of nitrogens with one attached hydrogen (secondary N) is 1. The summed E-state index contributed by atoms with van der Waals surface area (Å²) in [5.74, 6) is 2.42. The van der Waals surface area contributed by atoms with Crippen molar-refractivity contribution >= 4 is 11.8 Å². The van der Waals surface area contributed by atoms with Crippen LogP contribution in [0, 0.1) is 11.3 Å². The van der Waals surface area contributed by atoms with Crippen LogP contribution < -0.4 is 5.32 Å². The minimum atomic E-state index is 0.553. The van der Waals surface area contributed by atoms with Crippen LogP contribution in [-0.2, 0) is 0 Å². The lowest BCUT2D eigenvalue weighted by Gasteiger charge is -2.11. The quantitative estimate of drug-likeness (QED) is 0.618. The van der Waals surface area contributed by atoms with E-state index < -0.39 is 0 Å². The topological polar surface area (TPSA) is 35.8 Å². The highest BCUT2D eigenvalue weighted by Crippen LogP contribution is 2.03. The predicted octanol–water partition coefficient (Wildman–Crippen LogP) is 2.02. The van der Waals surface area contributed by atoms with Crippen molar-refractivity contribution in [2.45, 2.75) is 32.7 Å². The van der Waals surface area contributed by atoms with Gasteiger partial charge >= 0.3 is 0 Å². The van der Waals surface area contributed by atoms with Crippen LogP contribution in [0.4, 0.5) is 0 Å². The summed E-state index contributed by atoms with van der Waals surface area (Å²) in [4.78, 5) is 0. The van der Waals surface area contributed by atoms with Crippen molar-refractivity contribution in [1.29, 1.82) is 5.26 Å². The normalized spacial score (nSPS) is 12.4. The van der Waals surface area contributed by atoms with Gasteiger partial charge in [0.15, 0.2) is 0 Å². The second kappa shape index (κ2) is 8.89. The Morgan fingerprint density at radius 2 is 2.33 bits per heavy atom. The zero-order chi connectivity index (χ0) is 9.23. The molecule has 2 nitrogen and oxygen atoms in total. The number of nitriles is 1. The van der Waals surface area contributed by atoms with Crippen molar-refractivity contribution in [3.05, 3.63) is 0 Å². The molecule has 0 aliphatic rings. The van der Waals surface area contributed by atoms with E-state index in [-0.39, 0.29) is 0 Å². The summed E-state index contributed by atoms with van der Waals surface area (Å²) in [6.07, 6.45) is 1.81. The van der Waals surface area contributed by atoms with Gasteiger partial charge in [-0.2, -0.15) is 17.0 Å². The predicted molar refractivity (Wildman–Crippen MR) is 55.3 cm³/mol. The van der Waals surface area contributed by atoms with E-state index in [4.69, 9.17) is 5.26 Å². The van der Waals surface area contributed by atoms with Crippen LogP contribution in [0.1, 0.15) is 26.7 Å². The number of rotatable bonds is 7. The largest absolute Gasteiger partial charge is 0.313 e. The first-order valence-electron chi connectivity index (χ1n) is 4.49. The van der Waals surface area contributed by atoms with Gasteiger partial charge < -0.3 is 5.32 Å². The first kappa shape index (κ1) is 11.8. The molecule has 3 heteroatoms.